The lowest BCUT2D eigenvalue weighted by Crippen LogP contribution is -2.05. The van der Waals surface area contributed by atoms with Gasteiger partial charge in [-0.25, -0.2) is 4.98 Å². The summed E-state index contributed by atoms with van der Waals surface area (Å²) >= 11 is 6.19. The van der Waals surface area contributed by atoms with Crippen molar-refractivity contribution in [3.05, 3.63) is 51.8 Å². The number of halogens is 1. The van der Waals surface area contributed by atoms with Gasteiger partial charge in [-0.05, 0) is 74.9 Å². The van der Waals surface area contributed by atoms with E-state index >= 15 is 0 Å². The van der Waals surface area contributed by atoms with Crippen molar-refractivity contribution in [3.63, 3.8) is 0 Å². The predicted molar refractivity (Wildman–Crippen MR) is 114 cm³/mol. The third-order valence-electron chi connectivity index (χ3n) is 5.33. The van der Waals surface area contributed by atoms with Crippen molar-refractivity contribution in [2.24, 2.45) is 0 Å². The molecule has 27 heavy (non-hydrogen) atoms. The number of benzene rings is 1. The lowest BCUT2D eigenvalue weighted by molar-refractivity contribution is 0.460. The monoisotopic (exact) mass is 384 g/mol. The van der Waals surface area contributed by atoms with E-state index in [0.717, 1.165) is 52.2 Å². The lowest BCUT2D eigenvalue weighted by atomic mass is 10.1. The van der Waals surface area contributed by atoms with Crippen LogP contribution in [0, 0.1) is 20.8 Å². The number of pyridine rings is 1. The summed E-state index contributed by atoms with van der Waals surface area (Å²) in [6.45, 7) is 12.8. The average molecular weight is 385 g/mol. The van der Waals surface area contributed by atoms with Gasteiger partial charge in [0, 0.05) is 23.0 Å². The number of hydrogen-bond donors (Lipinski definition) is 0. The number of hydrogen-bond acceptors (Lipinski definition) is 2. The molecule has 0 saturated heterocycles. The van der Waals surface area contributed by atoms with Crippen LogP contribution in [0.3, 0.4) is 0 Å². The first-order valence-electron chi connectivity index (χ1n) is 9.85. The van der Waals surface area contributed by atoms with Crippen LogP contribution in [0.1, 0.15) is 62.0 Å². The van der Waals surface area contributed by atoms with E-state index in [4.69, 9.17) is 21.3 Å². The molecule has 0 unspecified atom stereocenters. The summed E-state index contributed by atoms with van der Waals surface area (Å²) in [4.78, 5) is 4.77. The molecule has 144 valence electrons. The summed E-state index contributed by atoms with van der Waals surface area (Å²) in [5.74, 6) is 1.54. The fourth-order valence-electron chi connectivity index (χ4n) is 3.92. The summed E-state index contributed by atoms with van der Waals surface area (Å²) in [5.41, 5.74) is 5.51. The average Bonchev–Trinajstić information content (AvgIpc) is 2.97. The second kappa shape index (κ2) is 7.93. The third-order valence-corrected chi connectivity index (χ3v) is 5.55. The minimum atomic E-state index is 0.487. The van der Waals surface area contributed by atoms with Gasteiger partial charge in [0.2, 0.25) is 5.88 Å². The molecule has 2 aromatic heterocycles. The zero-order chi connectivity index (χ0) is 19.7. The quantitative estimate of drug-likeness (QED) is 0.444. The summed E-state index contributed by atoms with van der Waals surface area (Å²) in [5, 5.41) is 1.86. The SMILES string of the molecule is CCc1cn(C(CC)CC)c2cc(C)nc(Oc3c(C)cc(Cl)cc3C)c12. The highest BCUT2D eigenvalue weighted by atomic mass is 35.5. The molecule has 0 bridgehead atoms. The smallest absolute Gasteiger partial charge is 0.229 e. The molecule has 0 fully saturated rings. The van der Waals surface area contributed by atoms with E-state index < -0.39 is 0 Å². The maximum Gasteiger partial charge on any atom is 0.229 e. The molecule has 0 spiro atoms. The number of aryl methyl sites for hydroxylation is 4. The normalized spacial score (nSPS) is 11.6. The largest absolute Gasteiger partial charge is 0.438 e. The molecule has 4 heteroatoms. The fourth-order valence-corrected chi connectivity index (χ4v) is 4.24. The van der Waals surface area contributed by atoms with Crippen LogP contribution in [-0.2, 0) is 6.42 Å². The predicted octanol–water partition coefficient (Wildman–Crippen LogP) is 7.33. The van der Waals surface area contributed by atoms with Gasteiger partial charge in [-0.2, -0.15) is 0 Å². The van der Waals surface area contributed by atoms with Gasteiger partial charge in [-0.3, -0.25) is 0 Å². The molecule has 0 aliphatic heterocycles. The highest BCUT2D eigenvalue weighted by Gasteiger charge is 2.20. The first-order valence-corrected chi connectivity index (χ1v) is 10.2. The van der Waals surface area contributed by atoms with Crippen LogP contribution in [0.5, 0.6) is 11.6 Å². The molecule has 0 aliphatic rings. The van der Waals surface area contributed by atoms with Gasteiger partial charge in [0.05, 0.1) is 10.9 Å². The van der Waals surface area contributed by atoms with Gasteiger partial charge in [-0.1, -0.05) is 32.4 Å². The van der Waals surface area contributed by atoms with Crippen LogP contribution >= 0.6 is 11.6 Å². The van der Waals surface area contributed by atoms with E-state index in [1.165, 1.54) is 11.1 Å². The Morgan fingerprint density at radius 2 is 1.67 bits per heavy atom. The Labute approximate surface area is 167 Å². The maximum atomic E-state index is 6.41. The van der Waals surface area contributed by atoms with Crippen molar-refractivity contribution in [2.45, 2.75) is 66.8 Å². The Balaban J connectivity index is 2.22. The van der Waals surface area contributed by atoms with E-state index in [9.17, 15) is 0 Å². The van der Waals surface area contributed by atoms with Crippen molar-refractivity contribution < 1.29 is 4.74 Å². The number of nitrogens with zero attached hydrogens (tertiary/aromatic N) is 2. The van der Waals surface area contributed by atoms with Crippen molar-refractivity contribution in [2.75, 3.05) is 0 Å². The first-order chi connectivity index (χ1) is 12.9. The van der Waals surface area contributed by atoms with Crippen molar-refractivity contribution >= 4 is 22.5 Å². The summed E-state index contributed by atoms with van der Waals surface area (Å²) in [7, 11) is 0. The molecule has 0 amide bonds. The molecule has 0 N–H and O–H groups in total. The Morgan fingerprint density at radius 3 is 2.22 bits per heavy atom. The van der Waals surface area contributed by atoms with Crippen molar-refractivity contribution in [1.29, 1.82) is 0 Å². The minimum absolute atomic E-state index is 0.487. The number of rotatable bonds is 6. The molecule has 2 heterocycles. The van der Waals surface area contributed by atoms with Crippen LogP contribution in [0.2, 0.25) is 5.02 Å². The molecular formula is C23H29ClN2O. The molecule has 0 radical (unpaired) electrons. The number of fused-ring (bicyclic) bond motifs is 1. The van der Waals surface area contributed by atoms with Crippen LogP contribution < -0.4 is 4.74 Å². The van der Waals surface area contributed by atoms with E-state index in [2.05, 4.69) is 37.6 Å². The molecular weight excluding hydrogens is 356 g/mol. The van der Waals surface area contributed by atoms with E-state index in [1.54, 1.807) is 0 Å². The van der Waals surface area contributed by atoms with Gasteiger partial charge < -0.3 is 9.30 Å². The van der Waals surface area contributed by atoms with Gasteiger partial charge in [-0.15, -0.1) is 0 Å². The molecule has 3 nitrogen and oxygen atoms in total. The highest BCUT2D eigenvalue weighted by Crippen LogP contribution is 2.38. The summed E-state index contributed by atoms with van der Waals surface area (Å²) in [6.07, 6.45) is 5.45. The van der Waals surface area contributed by atoms with Gasteiger partial charge in [0.15, 0.2) is 0 Å². The van der Waals surface area contributed by atoms with E-state index in [-0.39, 0.29) is 0 Å². The molecule has 0 atom stereocenters. The number of aromatic nitrogens is 2. The lowest BCUT2D eigenvalue weighted by Gasteiger charge is -2.17. The van der Waals surface area contributed by atoms with E-state index in [1.807, 2.05) is 32.9 Å². The Hall–Kier alpha value is -2.00. The van der Waals surface area contributed by atoms with Gasteiger partial charge in [0.25, 0.3) is 0 Å². The second-order valence-corrected chi connectivity index (χ2v) is 7.76. The standard InChI is InChI=1S/C23H29ClN2O/c1-7-17-13-26(19(8-2)9-3)20-12-16(6)25-23(21(17)20)27-22-14(4)10-18(24)11-15(22)5/h10-13,19H,7-9H2,1-6H3. The van der Waals surface area contributed by atoms with Gasteiger partial charge in [0.1, 0.15) is 5.75 Å². The Bertz CT molecular complexity index is 947. The molecule has 3 rings (SSSR count). The van der Waals surface area contributed by atoms with Crippen LogP contribution in [0.4, 0.5) is 0 Å². The zero-order valence-electron chi connectivity index (χ0n) is 17.2. The van der Waals surface area contributed by atoms with Crippen molar-refractivity contribution in [3.8, 4) is 11.6 Å². The molecule has 0 saturated carbocycles. The molecule has 3 aromatic rings. The Kier molecular flexibility index (Phi) is 5.81. The second-order valence-electron chi connectivity index (χ2n) is 7.32. The first kappa shape index (κ1) is 19.8. The van der Waals surface area contributed by atoms with Crippen LogP contribution in [-0.4, -0.2) is 9.55 Å². The Morgan fingerprint density at radius 1 is 1.04 bits per heavy atom. The minimum Gasteiger partial charge on any atom is -0.438 e. The fraction of sp³-hybridized carbons (Fsp3) is 0.435. The van der Waals surface area contributed by atoms with Crippen LogP contribution in [0.15, 0.2) is 24.4 Å². The van der Waals surface area contributed by atoms with Crippen molar-refractivity contribution in [1.82, 2.24) is 9.55 Å². The molecule has 1 aromatic carbocycles. The highest BCUT2D eigenvalue weighted by molar-refractivity contribution is 6.30. The maximum absolute atomic E-state index is 6.41. The zero-order valence-corrected chi connectivity index (χ0v) is 17.9. The summed E-state index contributed by atoms with van der Waals surface area (Å²) in [6, 6.07) is 6.54. The third kappa shape index (κ3) is 3.70. The van der Waals surface area contributed by atoms with E-state index in [0.29, 0.717) is 11.9 Å². The van der Waals surface area contributed by atoms with Crippen LogP contribution in [0.25, 0.3) is 10.9 Å². The summed E-state index contributed by atoms with van der Waals surface area (Å²) < 4.78 is 8.82. The number of ether oxygens (including phenoxy) is 1. The topological polar surface area (TPSA) is 27.1 Å². The molecule has 0 aliphatic carbocycles. The van der Waals surface area contributed by atoms with Gasteiger partial charge >= 0.3 is 0 Å².